The minimum atomic E-state index is 0.0398. The molecule has 0 radical (unpaired) electrons. The van der Waals surface area contributed by atoms with Crippen molar-refractivity contribution in [2.75, 3.05) is 20.0 Å². The number of benzene rings is 1. The Bertz CT molecular complexity index is 436. The molecule has 1 fully saturated rings. The van der Waals surface area contributed by atoms with Crippen molar-refractivity contribution < 1.29 is 9.53 Å². The Morgan fingerprint density at radius 2 is 2.21 bits per heavy atom. The molecule has 1 aliphatic rings. The molecule has 0 heterocycles. The Morgan fingerprint density at radius 3 is 2.95 bits per heavy atom. The first-order chi connectivity index (χ1) is 9.26. The molecule has 1 aromatic carbocycles. The second-order valence-corrected chi connectivity index (χ2v) is 5.77. The summed E-state index contributed by atoms with van der Waals surface area (Å²) in [7, 11) is 1.72. The van der Waals surface area contributed by atoms with E-state index in [1.165, 1.54) is 6.42 Å². The van der Waals surface area contributed by atoms with Gasteiger partial charge < -0.3 is 10.1 Å². The monoisotopic (exact) mass is 279 g/mol. The number of carbonyl (C=O) groups excluding carboxylic acids is 1. The van der Waals surface area contributed by atoms with Gasteiger partial charge in [-0.15, -0.1) is 11.8 Å². The van der Waals surface area contributed by atoms with Gasteiger partial charge in [-0.3, -0.25) is 4.79 Å². The molecule has 0 saturated heterocycles. The summed E-state index contributed by atoms with van der Waals surface area (Å²) in [4.78, 5) is 13.4. The van der Waals surface area contributed by atoms with Crippen LogP contribution in [0.2, 0.25) is 0 Å². The Hall–Kier alpha value is -1.00. The molecule has 0 spiro atoms. The fraction of sp³-hybridized carbons (Fsp3) is 0.533. The zero-order valence-corrected chi connectivity index (χ0v) is 12.3. The van der Waals surface area contributed by atoms with Gasteiger partial charge in [0.15, 0.2) is 0 Å². The van der Waals surface area contributed by atoms with E-state index in [9.17, 15) is 4.79 Å². The summed E-state index contributed by atoms with van der Waals surface area (Å²) in [6.45, 7) is 0.731. The molecule has 0 bridgehead atoms. The van der Waals surface area contributed by atoms with Crippen molar-refractivity contribution in [1.29, 1.82) is 0 Å². The number of carbonyl (C=O) groups is 1. The first kappa shape index (κ1) is 14.4. The minimum absolute atomic E-state index is 0.0398. The Kier molecular flexibility index (Phi) is 5.28. The van der Waals surface area contributed by atoms with Crippen molar-refractivity contribution in [2.24, 2.45) is 5.92 Å². The van der Waals surface area contributed by atoms with E-state index in [0.29, 0.717) is 5.92 Å². The Balaban J connectivity index is 2.04. The predicted octanol–water partition coefficient (Wildman–Crippen LogP) is 2.95. The number of ether oxygens (including phenoxy) is 1. The fourth-order valence-corrected chi connectivity index (χ4v) is 3.31. The number of hydrogen-bond acceptors (Lipinski definition) is 3. The molecule has 19 heavy (non-hydrogen) atoms. The van der Waals surface area contributed by atoms with Gasteiger partial charge in [0.2, 0.25) is 0 Å². The van der Waals surface area contributed by atoms with Crippen LogP contribution in [-0.2, 0) is 4.74 Å². The van der Waals surface area contributed by atoms with Crippen molar-refractivity contribution in [3.63, 3.8) is 0 Å². The average molecular weight is 279 g/mol. The largest absolute Gasteiger partial charge is 0.384 e. The van der Waals surface area contributed by atoms with Gasteiger partial charge >= 0.3 is 0 Å². The van der Waals surface area contributed by atoms with Gasteiger partial charge in [0, 0.05) is 24.0 Å². The van der Waals surface area contributed by atoms with Crippen LogP contribution in [0.3, 0.4) is 0 Å². The number of methoxy groups -OCH3 is 1. The molecule has 2 rings (SSSR count). The van der Waals surface area contributed by atoms with E-state index in [-0.39, 0.29) is 11.9 Å². The summed E-state index contributed by atoms with van der Waals surface area (Å²) in [5.41, 5.74) is 0.776. The standard InChI is InChI=1S/C15H21NO2S/c1-18-10-11-6-5-8-13(11)16-15(17)12-7-3-4-9-14(12)19-2/h3-4,7,9,11,13H,5-6,8,10H2,1-2H3,(H,16,17)/t11-,13-/m0/s1. The van der Waals surface area contributed by atoms with Gasteiger partial charge in [-0.1, -0.05) is 18.6 Å². The van der Waals surface area contributed by atoms with Crippen molar-refractivity contribution in [1.82, 2.24) is 5.32 Å². The molecule has 3 nitrogen and oxygen atoms in total. The van der Waals surface area contributed by atoms with Crippen LogP contribution >= 0.6 is 11.8 Å². The molecule has 1 amide bonds. The summed E-state index contributed by atoms with van der Waals surface area (Å²) in [5.74, 6) is 0.494. The van der Waals surface area contributed by atoms with Crippen LogP contribution in [0, 0.1) is 5.92 Å². The van der Waals surface area contributed by atoms with E-state index in [4.69, 9.17) is 4.74 Å². The SMILES string of the molecule is COC[C@@H]1CCC[C@@H]1NC(=O)c1ccccc1SC. The van der Waals surface area contributed by atoms with Crippen LogP contribution in [-0.4, -0.2) is 31.9 Å². The topological polar surface area (TPSA) is 38.3 Å². The van der Waals surface area contributed by atoms with E-state index in [0.717, 1.165) is 29.9 Å². The third-order valence-electron chi connectivity index (χ3n) is 3.71. The summed E-state index contributed by atoms with van der Waals surface area (Å²) in [5, 5.41) is 3.17. The number of amides is 1. The van der Waals surface area contributed by atoms with Crippen LogP contribution in [0.15, 0.2) is 29.2 Å². The third-order valence-corrected chi connectivity index (χ3v) is 4.50. The number of nitrogens with one attached hydrogen (secondary N) is 1. The van der Waals surface area contributed by atoms with E-state index < -0.39 is 0 Å². The first-order valence-electron chi connectivity index (χ1n) is 6.69. The van der Waals surface area contributed by atoms with E-state index in [2.05, 4.69) is 5.32 Å². The van der Waals surface area contributed by atoms with Crippen LogP contribution in [0.5, 0.6) is 0 Å². The van der Waals surface area contributed by atoms with Gasteiger partial charge in [-0.2, -0.15) is 0 Å². The highest BCUT2D eigenvalue weighted by Gasteiger charge is 2.29. The molecule has 1 aromatic rings. The number of hydrogen-bond donors (Lipinski definition) is 1. The average Bonchev–Trinajstić information content (AvgIpc) is 2.86. The van der Waals surface area contributed by atoms with Crippen molar-refractivity contribution in [3.8, 4) is 0 Å². The van der Waals surface area contributed by atoms with Gasteiger partial charge in [-0.25, -0.2) is 0 Å². The third kappa shape index (κ3) is 3.51. The predicted molar refractivity (Wildman–Crippen MR) is 78.7 cm³/mol. The van der Waals surface area contributed by atoms with E-state index in [1.807, 2.05) is 30.5 Å². The Labute approximate surface area is 119 Å². The smallest absolute Gasteiger partial charge is 0.252 e. The number of rotatable bonds is 5. The maximum atomic E-state index is 12.4. The highest BCUT2D eigenvalue weighted by Crippen LogP contribution is 2.27. The van der Waals surface area contributed by atoms with Gasteiger partial charge in [0.25, 0.3) is 5.91 Å². The zero-order valence-electron chi connectivity index (χ0n) is 11.5. The summed E-state index contributed by atoms with van der Waals surface area (Å²) in [6, 6.07) is 8.01. The highest BCUT2D eigenvalue weighted by atomic mass is 32.2. The van der Waals surface area contributed by atoms with E-state index >= 15 is 0 Å². The maximum Gasteiger partial charge on any atom is 0.252 e. The minimum Gasteiger partial charge on any atom is -0.384 e. The Morgan fingerprint density at radius 1 is 1.42 bits per heavy atom. The van der Waals surface area contributed by atoms with Crippen LogP contribution in [0.25, 0.3) is 0 Å². The van der Waals surface area contributed by atoms with Crippen LogP contribution in [0.4, 0.5) is 0 Å². The van der Waals surface area contributed by atoms with Crippen LogP contribution in [0.1, 0.15) is 29.6 Å². The van der Waals surface area contributed by atoms with Crippen molar-refractivity contribution in [3.05, 3.63) is 29.8 Å². The lowest BCUT2D eigenvalue weighted by molar-refractivity contribution is 0.0895. The van der Waals surface area contributed by atoms with Crippen molar-refractivity contribution >= 4 is 17.7 Å². The molecule has 4 heteroatoms. The highest BCUT2D eigenvalue weighted by molar-refractivity contribution is 7.98. The second kappa shape index (κ2) is 6.96. The lowest BCUT2D eigenvalue weighted by Gasteiger charge is -2.20. The quantitative estimate of drug-likeness (QED) is 0.842. The van der Waals surface area contributed by atoms with Crippen molar-refractivity contribution in [2.45, 2.75) is 30.2 Å². The molecule has 0 unspecified atom stereocenters. The van der Waals surface area contributed by atoms with E-state index in [1.54, 1.807) is 18.9 Å². The molecule has 1 saturated carbocycles. The zero-order chi connectivity index (χ0) is 13.7. The summed E-state index contributed by atoms with van der Waals surface area (Å²) in [6.07, 6.45) is 5.36. The molecule has 1 N–H and O–H groups in total. The second-order valence-electron chi connectivity index (χ2n) is 4.93. The lowest BCUT2D eigenvalue weighted by Crippen LogP contribution is -2.39. The van der Waals surface area contributed by atoms with Crippen LogP contribution < -0.4 is 5.32 Å². The molecular weight excluding hydrogens is 258 g/mol. The summed E-state index contributed by atoms with van der Waals surface area (Å²) < 4.78 is 5.23. The molecule has 0 aromatic heterocycles. The number of thioether (sulfide) groups is 1. The normalized spacial score (nSPS) is 22.4. The molecule has 1 aliphatic carbocycles. The fourth-order valence-electron chi connectivity index (χ4n) is 2.72. The molecule has 2 atom stereocenters. The lowest BCUT2D eigenvalue weighted by atomic mass is 10.0. The summed E-state index contributed by atoms with van der Waals surface area (Å²) >= 11 is 1.61. The molecular formula is C15H21NO2S. The first-order valence-corrected chi connectivity index (χ1v) is 7.91. The molecule has 0 aliphatic heterocycles. The van der Waals surface area contributed by atoms with Gasteiger partial charge in [0.1, 0.15) is 0 Å². The van der Waals surface area contributed by atoms with Gasteiger partial charge in [-0.05, 0) is 31.2 Å². The van der Waals surface area contributed by atoms with Gasteiger partial charge in [0.05, 0.1) is 12.2 Å². The maximum absolute atomic E-state index is 12.4. The molecule has 104 valence electrons.